The lowest BCUT2D eigenvalue weighted by atomic mass is 9.82. The van der Waals surface area contributed by atoms with E-state index in [9.17, 15) is 4.79 Å². The van der Waals surface area contributed by atoms with Gasteiger partial charge in [0.2, 0.25) is 5.78 Å². The van der Waals surface area contributed by atoms with E-state index in [1.807, 2.05) is 0 Å². The predicted octanol–water partition coefficient (Wildman–Crippen LogP) is 0.562. The van der Waals surface area contributed by atoms with Gasteiger partial charge in [-0.3, -0.25) is 4.79 Å². The third-order valence-electron chi connectivity index (χ3n) is 3.43. The first kappa shape index (κ1) is 7.82. The zero-order valence-electron chi connectivity index (χ0n) is 6.99. The van der Waals surface area contributed by atoms with Gasteiger partial charge in [0, 0.05) is 12.0 Å². The molecule has 2 bridgehead atoms. The normalized spacial score (nSPS) is 44.3. The van der Waals surface area contributed by atoms with Crippen LogP contribution in [0.1, 0.15) is 19.3 Å². The van der Waals surface area contributed by atoms with Gasteiger partial charge in [0.05, 0.1) is 0 Å². The maximum Gasteiger partial charge on any atom is 0.210 e. The summed E-state index contributed by atoms with van der Waals surface area (Å²) in [7, 11) is 0. The van der Waals surface area contributed by atoms with Gasteiger partial charge in [-0.2, -0.15) is 0 Å². The summed E-state index contributed by atoms with van der Waals surface area (Å²) < 4.78 is 0. The lowest BCUT2D eigenvalue weighted by Gasteiger charge is -2.24. The van der Waals surface area contributed by atoms with E-state index in [0.717, 1.165) is 12.8 Å². The quantitative estimate of drug-likeness (QED) is 0.453. The molecule has 2 heteroatoms. The molecule has 2 aliphatic carbocycles. The Bertz CT molecular complexity index is 251. The molecule has 0 radical (unpaired) electrons. The summed E-state index contributed by atoms with van der Waals surface area (Å²) in [5, 5.41) is 0. The van der Waals surface area contributed by atoms with Crippen LogP contribution in [0.5, 0.6) is 0 Å². The average Bonchev–Trinajstić information content (AvgIpc) is 2.63. The van der Waals surface area contributed by atoms with E-state index >= 15 is 0 Å². The Hall–Kier alpha value is -0.810. The molecule has 0 aromatic rings. The fourth-order valence-corrected chi connectivity index (χ4v) is 2.82. The molecule has 64 valence electrons. The summed E-state index contributed by atoms with van der Waals surface area (Å²) in [6.45, 7) is 0. The van der Waals surface area contributed by atoms with E-state index < -0.39 is 0 Å². The summed E-state index contributed by atoms with van der Waals surface area (Å²) in [6, 6.07) is 0.0484. The van der Waals surface area contributed by atoms with Gasteiger partial charge in [-0.05, 0) is 37.0 Å². The number of nitrogens with two attached hydrogens (primary N) is 1. The maximum atomic E-state index is 11.3. The van der Waals surface area contributed by atoms with Gasteiger partial charge in [0.15, 0.2) is 0 Å². The van der Waals surface area contributed by atoms with Crippen molar-refractivity contribution in [3.63, 3.8) is 0 Å². The summed E-state index contributed by atoms with van der Waals surface area (Å²) in [5.41, 5.74) is 5.92. The van der Waals surface area contributed by atoms with Crippen LogP contribution in [-0.2, 0) is 4.79 Å². The number of Topliss-reactive ketones (excluding diaryl/α,β-unsaturated/α-hetero) is 1. The summed E-state index contributed by atoms with van der Waals surface area (Å²) >= 11 is 0. The summed E-state index contributed by atoms with van der Waals surface area (Å²) in [5.74, 6) is 3.17. The van der Waals surface area contributed by atoms with Crippen molar-refractivity contribution in [2.75, 3.05) is 0 Å². The van der Waals surface area contributed by atoms with E-state index in [1.165, 1.54) is 6.42 Å². The van der Waals surface area contributed by atoms with Crippen LogP contribution in [-0.4, -0.2) is 11.8 Å². The number of terminal acetylenes is 1. The molecular weight excluding hydrogens is 150 g/mol. The van der Waals surface area contributed by atoms with Crippen LogP contribution in [0.2, 0.25) is 0 Å². The Labute approximate surface area is 72.5 Å². The highest BCUT2D eigenvalue weighted by Gasteiger charge is 2.48. The van der Waals surface area contributed by atoms with E-state index in [4.69, 9.17) is 12.2 Å². The fraction of sp³-hybridized carbons (Fsp3) is 0.700. The first-order chi connectivity index (χ1) is 5.74. The number of ketones is 1. The molecule has 0 aromatic carbocycles. The Balaban J connectivity index is 2.18. The van der Waals surface area contributed by atoms with Gasteiger partial charge in [0.25, 0.3) is 0 Å². The monoisotopic (exact) mass is 163 g/mol. The minimum atomic E-state index is -0.0744. The van der Waals surface area contributed by atoms with Crippen LogP contribution in [0, 0.1) is 30.1 Å². The van der Waals surface area contributed by atoms with Gasteiger partial charge in [0.1, 0.15) is 0 Å². The molecule has 0 heterocycles. The number of fused-ring (bicyclic) bond motifs is 2. The molecule has 2 aliphatic rings. The molecule has 2 rings (SSSR count). The second kappa shape index (κ2) is 2.60. The smallest absolute Gasteiger partial charge is 0.210 e. The minimum Gasteiger partial charge on any atom is -0.327 e. The van der Waals surface area contributed by atoms with E-state index in [1.54, 1.807) is 0 Å². The lowest BCUT2D eigenvalue weighted by Crippen LogP contribution is -2.39. The van der Waals surface area contributed by atoms with Crippen LogP contribution in [0.3, 0.4) is 0 Å². The molecule has 0 saturated heterocycles. The molecule has 0 spiro atoms. The fourth-order valence-electron chi connectivity index (χ4n) is 2.82. The van der Waals surface area contributed by atoms with Crippen LogP contribution >= 0.6 is 0 Å². The Kier molecular flexibility index (Phi) is 1.69. The van der Waals surface area contributed by atoms with Crippen molar-refractivity contribution in [1.29, 1.82) is 0 Å². The van der Waals surface area contributed by atoms with Crippen LogP contribution < -0.4 is 5.73 Å². The third-order valence-corrected chi connectivity index (χ3v) is 3.43. The highest BCUT2D eigenvalue weighted by Crippen LogP contribution is 2.47. The second-order valence-corrected chi connectivity index (χ2v) is 3.94. The van der Waals surface area contributed by atoms with Gasteiger partial charge < -0.3 is 5.73 Å². The maximum absolute atomic E-state index is 11.3. The standard InChI is InChI=1S/C10H13NO/c1-2-8(12)9-6-3-4-7(5-6)10(9)11/h1,6-7,9-10H,3-5,11H2. The largest absolute Gasteiger partial charge is 0.327 e. The number of rotatable bonds is 1. The van der Waals surface area contributed by atoms with Crippen molar-refractivity contribution in [2.45, 2.75) is 25.3 Å². The molecule has 4 unspecified atom stereocenters. The van der Waals surface area contributed by atoms with Crippen LogP contribution in [0.25, 0.3) is 0 Å². The van der Waals surface area contributed by atoms with Crippen molar-refractivity contribution >= 4 is 5.78 Å². The Morgan fingerprint density at radius 1 is 1.42 bits per heavy atom. The Morgan fingerprint density at radius 2 is 2.08 bits per heavy atom. The average molecular weight is 163 g/mol. The highest BCUT2D eigenvalue weighted by molar-refractivity contribution is 5.97. The van der Waals surface area contributed by atoms with Crippen molar-refractivity contribution in [1.82, 2.24) is 0 Å². The Morgan fingerprint density at radius 3 is 2.58 bits per heavy atom. The SMILES string of the molecule is C#CC(=O)C1C2CCC(C2)C1N. The zero-order valence-corrected chi connectivity index (χ0v) is 6.99. The number of carbonyl (C=O) groups is 1. The number of hydrogen-bond acceptors (Lipinski definition) is 2. The first-order valence-electron chi connectivity index (χ1n) is 4.50. The van der Waals surface area contributed by atoms with E-state index in [2.05, 4.69) is 5.92 Å². The molecule has 2 saturated carbocycles. The first-order valence-corrected chi connectivity index (χ1v) is 4.50. The van der Waals surface area contributed by atoms with E-state index in [-0.39, 0.29) is 17.7 Å². The predicted molar refractivity (Wildman–Crippen MR) is 46.1 cm³/mol. The molecule has 2 N–H and O–H groups in total. The van der Waals surface area contributed by atoms with Gasteiger partial charge >= 0.3 is 0 Å². The van der Waals surface area contributed by atoms with E-state index in [0.29, 0.717) is 11.8 Å². The molecule has 2 fully saturated rings. The zero-order chi connectivity index (χ0) is 8.72. The highest BCUT2D eigenvalue weighted by atomic mass is 16.1. The second-order valence-electron chi connectivity index (χ2n) is 3.94. The van der Waals surface area contributed by atoms with Gasteiger partial charge in [-0.1, -0.05) is 0 Å². The lowest BCUT2D eigenvalue weighted by molar-refractivity contribution is -0.119. The molecule has 2 nitrogen and oxygen atoms in total. The number of carbonyl (C=O) groups excluding carboxylic acids is 1. The third kappa shape index (κ3) is 0.899. The van der Waals surface area contributed by atoms with Crippen LogP contribution in [0.4, 0.5) is 0 Å². The molecule has 12 heavy (non-hydrogen) atoms. The van der Waals surface area contributed by atoms with Crippen molar-refractivity contribution in [3.8, 4) is 12.3 Å². The van der Waals surface area contributed by atoms with Gasteiger partial charge in [-0.25, -0.2) is 0 Å². The van der Waals surface area contributed by atoms with Crippen LogP contribution in [0.15, 0.2) is 0 Å². The van der Waals surface area contributed by atoms with Gasteiger partial charge in [-0.15, -0.1) is 6.42 Å². The molecule has 0 aliphatic heterocycles. The van der Waals surface area contributed by atoms with Crippen molar-refractivity contribution < 1.29 is 4.79 Å². The molecule has 0 aromatic heterocycles. The molecule has 0 amide bonds. The van der Waals surface area contributed by atoms with Crippen molar-refractivity contribution in [2.24, 2.45) is 23.5 Å². The summed E-state index contributed by atoms with van der Waals surface area (Å²) in [4.78, 5) is 11.3. The molecule has 4 atom stereocenters. The minimum absolute atomic E-state index is 0.0197. The number of hydrogen-bond donors (Lipinski definition) is 1. The van der Waals surface area contributed by atoms with Crippen molar-refractivity contribution in [3.05, 3.63) is 0 Å². The summed E-state index contributed by atoms with van der Waals surface area (Å²) in [6.07, 6.45) is 8.56. The topological polar surface area (TPSA) is 43.1 Å². The molecular formula is C10H13NO.